The van der Waals surface area contributed by atoms with Gasteiger partial charge in [-0.2, -0.15) is 0 Å². The summed E-state index contributed by atoms with van der Waals surface area (Å²) in [4.78, 5) is 0. The van der Waals surface area contributed by atoms with E-state index in [-0.39, 0.29) is 5.41 Å². The van der Waals surface area contributed by atoms with Gasteiger partial charge >= 0.3 is 0 Å². The van der Waals surface area contributed by atoms with E-state index < -0.39 is 5.60 Å². The summed E-state index contributed by atoms with van der Waals surface area (Å²) in [5.41, 5.74) is 3.06. The first kappa shape index (κ1) is 17.2. The third-order valence-corrected chi connectivity index (χ3v) is 6.40. The smallest absolute Gasteiger partial charge is 0.125 e. The molecule has 3 atom stereocenters. The van der Waals surface area contributed by atoms with Crippen molar-refractivity contribution in [2.75, 3.05) is 0 Å². The maximum Gasteiger partial charge on any atom is 0.125 e. The molecule has 0 saturated heterocycles. The van der Waals surface area contributed by atoms with Crippen molar-refractivity contribution < 1.29 is 10.2 Å². The van der Waals surface area contributed by atoms with Gasteiger partial charge in [-0.25, -0.2) is 0 Å². The lowest BCUT2D eigenvalue weighted by Crippen LogP contribution is -2.50. The molecule has 1 saturated carbocycles. The van der Waals surface area contributed by atoms with Gasteiger partial charge in [-0.1, -0.05) is 36.3 Å². The van der Waals surface area contributed by atoms with Crippen LogP contribution in [0.25, 0.3) is 0 Å². The SMILES string of the molecule is CC#CC1(O)CCC2(Cc3cc[c]cc3)c3ccc(O)cc3CCC2C1. The second-order valence-corrected chi connectivity index (χ2v) is 7.93. The minimum atomic E-state index is -0.859. The zero-order chi connectivity index (χ0) is 18.2. The molecule has 4 rings (SSSR count). The first-order chi connectivity index (χ1) is 12.5. The quantitative estimate of drug-likeness (QED) is 0.802. The molecule has 2 aliphatic carbocycles. The van der Waals surface area contributed by atoms with E-state index in [1.165, 1.54) is 16.7 Å². The Morgan fingerprint density at radius 1 is 1.19 bits per heavy atom. The number of benzene rings is 2. The summed E-state index contributed by atoms with van der Waals surface area (Å²) in [7, 11) is 0. The molecule has 1 fully saturated rings. The van der Waals surface area contributed by atoms with Crippen molar-refractivity contribution in [3.63, 3.8) is 0 Å². The number of hydrogen-bond acceptors (Lipinski definition) is 2. The summed E-state index contributed by atoms with van der Waals surface area (Å²) < 4.78 is 0. The average Bonchev–Trinajstić information content (AvgIpc) is 2.63. The minimum absolute atomic E-state index is 0.00425. The number of fused-ring (bicyclic) bond motifs is 3. The molecule has 2 aliphatic rings. The van der Waals surface area contributed by atoms with Gasteiger partial charge in [0.2, 0.25) is 0 Å². The third kappa shape index (κ3) is 2.91. The van der Waals surface area contributed by atoms with Gasteiger partial charge in [0, 0.05) is 5.41 Å². The summed E-state index contributed by atoms with van der Waals surface area (Å²) in [5.74, 6) is 6.73. The van der Waals surface area contributed by atoms with Gasteiger partial charge < -0.3 is 10.2 Å². The molecule has 2 nitrogen and oxygen atoms in total. The van der Waals surface area contributed by atoms with Crippen LogP contribution < -0.4 is 0 Å². The van der Waals surface area contributed by atoms with Gasteiger partial charge in [-0.3, -0.25) is 0 Å². The largest absolute Gasteiger partial charge is 0.508 e. The van der Waals surface area contributed by atoms with E-state index in [1.807, 2.05) is 24.3 Å². The first-order valence-corrected chi connectivity index (χ1v) is 9.48. The topological polar surface area (TPSA) is 40.5 Å². The van der Waals surface area contributed by atoms with Crippen molar-refractivity contribution in [2.45, 2.75) is 56.5 Å². The van der Waals surface area contributed by atoms with Crippen molar-refractivity contribution in [2.24, 2.45) is 5.92 Å². The normalized spacial score (nSPS) is 29.8. The van der Waals surface area contributed by atoms with Gasteiger partial charge in [0.15, 0.2) is 0 Å². The Balaban J connectivity index is 1.79. The fourth-order valence-electron chi connectivity index (χ4n) is 5.25. The highest BCUT2D eigenvalue weighted by Gasteiger charge is 2.51. The van der Waals surface area contributed by atoms with E-state index in [0.29, 0.717) is 18.1 Å². The summed E-state index contributed by atoms with van der Waals surface area (Å²) in [5, 5.41) is 20.9. The summed E-state index contributed by atoms with van der Waals surface area (Å²) in [6.07, 6.45) is 5.28. The maximum atomic E-state index is 11.0. The van der Waals surface area contributed by atoms with Gasteiger partial charge in [0.05, 0.1) is 0 Å². The molecule has 2 N–H and O–H groups in total. The van der Waals surface area contributed by atoms with Crippen LogP contribution in [0.3, 0.4) is 0 Å². The molecule has 2 aromatic rings. The molecule has 1 radical (unpaired) electrons. The van der Waals surface area contributed by atoms with Gasteiger partial charge in [0.1, 0.15) is 11.4 Å². The molecule has 0 heterocycles. The average molecular weight is 345 g/mol. The van der Waals surface area contributed by atoms with Gasteiger partial charge in [-0.15, -0.1) is 5.92 Å². The fourth-order valence-corrected chi connectivity index (χ4v) is 5.25. The number of phenolic OH excluding ortho intramolecular Hbond substituents is 1. The van der Waals surface area contributed by atoms with Crippen LogP contribution in [0.5, 0.6) is 5.75 Å². The number of aryl methyl sites for hydroxylation is 1. The Morgan fingerprint density at radius 2 is 2.00 bits per heavy atom. The number of rotatable bonds is 2. The minimum Gasteiger partial charge on any atom is -0.508 e. The lowest BCUT2D eigenvalue weighted by atomic mass is 9.52. The second kappa shape index (κ2) is 6.49. The Hall–Kier alpha value is -2.24. The highest BCUT2D eigenvalue weighted by atomic mass is 16.3. The van der Waals surface area contributed by atoms with Crippen molar-refractivity contribution >= 4 is 0 Å². The lowest BCUT2D eigenvalue weighted by Gasteiger charge is -2.52. The fraction of sp³-hybridized carbons (Fsp3) is 0.417. The highest BCUT2D eigenvalue weighted by Crippen LogP contribution is 2.54. The standard InChI is InChI=1S/C24H25O2/c1-2-12-23(26)13-14-24(16-18-6-4-3-5-7-18)20(17-23)9-8-19-15-21(25)10-11-22(19)24/h4-7,10-11,15,20,25-26H,8-9,13-14,16-17H2,1H3. The molecular weight excluding hydrogens is 320 g/mol. The van der Waals surface area contributed by atoms with Gasteiger partial charge in [-0.05, 0) is 86.3 Å². The van der Waals surface area contributed by atoms with Gasteiger partial charge in [0.25, 0.3) is 0 Å². The van der Waals surface area contributed by atoms with E-state index in [0.717, 1.165) is 32.1 Å². The van der Waals surface area contributed by atoms with Crippen LogP contribution in [0, 0.1) is 23.8 Å². The summed E-state index contributed by atoms with van der Waals surface area (Å²) in [6.45, 7) is 1.80. The molecule has 0 amide bonds. The maximum absolute atomic E-state index is 11.0. The molecule has 0 bridgehead atoms. The predicted octanol–water partition coefficient (Wildman–Crippen LogP) is 4.17. The lowest BCUT2D eigenvalue weighted by molar-refractivity contribution is -0.00804. The molecule has 2 aromatic carbocycles. The molecule has 0 aliphatic heterocycles. The predicted molar refractivity (Wildman–Crippen MR) is 103 cm³/mol. The Kier molecular flexibility index (Phi) is 4.29. The summed E-state index contributed by atoms with van der Waals surface area (Å²) >= 11 is 0. The second-order valence-electron chi connectivity index (χ2n) is 7.93. The van der Waals surface area contributed by atoms with Crippen molar-refractivity contribution in [3.8, 4) is 17.6 Å². The first-order valence-electron chi connectivity index (χ1n) is 9.48. The number of hydrogen-bond donors (Lipinski definition) is 2. The van der Waals surface area contributed by atoms with E-state index in [2.05, 4.69) is 36.1 Å². The monoisotopic (exact) mass is 345 g/mol. The van der Waals surface area contributed by atoms with Crippen LogP contribution in [0.15, 0.2) is 42.5 Å². The Bertz CT molecular complexity index is 861. The molecule has 0 spiro atoms. The molecule has 26 heavy (non-hydrogen) atoms. The zero-order valence-corrected chi connectivity index (χ0v) is 15.3. The van der Waals surface area contributed by atoms with Crippen LogP contribution >= 0.6 is 0 Å². The Labute approximate surface area is 155 Å². The van der Waals surface area contributed by atoms with Crippen molar-refractivity contribution in [1.29, 1.82) is 0 Å². The Morgan fingerprint density at radius 3 is 2.77 bits per heavy atom. The van der Waals surface area contributed by atoms with Crippen LogP contribution in [0.1, 0.15) is 49.3 Å². The van der Waals surface area contributed by atoms with Crippen LogP contribution in [-0.4, -0.2) is 15.8 Å². The highest BCUT2D eigenvalue weighted by molar-refractivity contribution is 5.45. The number of aliphatic hydroxyl groups is 1. The molecular formula is C24H25O2. The van der Waals surface area contributed by atoms with Crippen LogP contribution in [-0.2, 0) is 18.3 Å². The third-order valence-electron chi connectivity index (χ3n) is 6.40. The van der Waals surface area contributed by atoms with E-state index >= 15 is 0 Å². The van der Waals surface area contributed by atoms with E-state index in [4.69, 9.17) is 0 Å². The van der Waals surface area contributed by atoms with Crippen LogP contribution in [0.2, 0.25) is 0 Å². The summed E-state index contributed by atoms with van der Waals surface area (Å²) in [6, 6.07) is 17.2. The van der Waals surface area contributed by atoms with Crippen molar-refractivity contribution in [3.05, 3.63) is 65.2 Å². The number of aromatic hydroxyl groups is 1. The molecule has 3 unspecified atom stereocenters. The molecule has 133 valence electrons. The number of phenols is 1. The molecule has 0 aromatic heterocycles. The zero-order valence-electron chi connectivity index (χ0n) is 15.3. The van der Waals surface area contributed by atoms with E-state index in [1.54, 1.807) is 6.92 Å². The van der Waals surface area contributed by atoms with Crippen molar-refractivity contribution in [1.82, 2.24) is 0 Å². The van der Waals surface area contributed by atoms with E-state index in [9.17, 15) is 10.2 Å². The molecule has 2 heteroatoms. The van der Waals surface area contributed by atoms with Crippen LogP contribution in [0.4, 0.5) is 0 Å².